The van der Waals surface area contributed by atoms with Crippen molar-refractivity contribution in [1.29, 1.82) is 0 Å². The van der Waals surface area contributed by atoms with Crippen molar-refractivity contribution in [2.45, 2.75) is 0 Å². The van der Waals surface area contributed by atoms with Gasteiger partial charge in [-0.05, 0) is 16.8 Å². The molecule has 0 heterocycles. The molecule has 0 spiro atoms. The summed E-state index contributed by atoms with van der Waals surface area (Å²) in [5.41, 5.74) is -0.350. The Labute approximate surface area is 130 Å². The van der Waals surface area contributed by atoms with Gasteiger partial charge in [-0.1, -0.05) is 30.3 Å². The van der Waals surface area contributed by atoms with Gasteiger partial charge in [-0.2, -0.15) is 0 Å². The Morgan fingerprint density at radius 2 is 1.59 bits per heavy atom. The molecular weight excluding hydrogens is 248 g/mol. The van der Waals surface area contributed by atoms with Gasteiger partial charge in [-0.25, -0.2) is 9.59 Å². The third kappa shape index (κ3) is 2.60. The number of hydrogen-bond acceptors (Lipinski definition) is 2. The van der Waals surface area contributed by atoms with Crippen LogP contribution < -0.4 is 0 Å². The van der Waals surface area contributed by atoms with E-state index < -0.39 is 11.9 Å². The van der Waals surface area contributed by atoms with Gasteiger partial charge in [0.05, 0.1) is 11.1 Å². The topological polar surface area (TPSA) is 74.6 Å². The molecule has 2 rings (SSSR count). The molecule has 0 bridgehead atoms. The fourth-order valence-corrected chi connectivity index (χ4v) is 1.68. The van der Waals surface area contributed by atoms with Crippen LogP contribution >= 0.6 is 0 Å². The van der Waals surface area contributed by atoms with Crippen LogP contribution in [0.25, 0.3) is 10.8 Å². The summed E-state index contributed by atoms with van der Waals surface area (Å²) in [6.07, 6.45) is 0. The van der Waals surface area contributed by atoms with Crippen LogP contribution in [-0.2, 0) is 0 Å². The minimum atomic E-state index is -1.23. The van der Waals surface area contributed by atoms with Crippen LogP contribution in [0.5, 0.6) is 0 Å². The van der Waals surface area contributed by atoms with Crippen molar-refractivity contribution in [3.05, 3.63) is 47.5 Å². The van der Waals surface area contributed by atoms with Gasteiger partial charge >= 0.3 is 49.7 Å². The molecule has 0 saturated heterocycles. The molecule has 5 heteroatoms. The Morgan fingerprint density at radius 1 is 0.941 bits per heavy atom. The van der Waals surface area contributed by atoms with Crippen LogP contribution in [0.2, 0.25) is 0 Å². The molecule has 17 heavy (non-hydrogen) atoms. The molecule has 0 atom stereocenters. The summed E-state index contributed by atoms with van der Waals surface area (Å²) in [6.45, 7) is 0. The van der Waals surface area contributed by atoms with Gasteiger partial charge in [0, 0.05) is 0 Å². The second kappa shape index (κ2) is 5.49. The van der Waals surface area contributed by atoms with Gasteiger partial charge in [0.25, 0.3) is 0 Å². The summed E-state index contributed by atoms with van der Waals surface area (Å²) >= 11 is 0. The van der Waals surface area contributed by atoms with Crippen molar-refractivity contribution in [2.24, 2.45) is 0 Å². The molecule has 0 amide bonds. The SMILES string of the molecule is O=C(O)c1ccc2ccccc2c1C(=O)O.[Ca+2].[H-].[H-]. The number of hydrogen-bond donors (Lipinski definition) is 2. The molecule has 2 aromatic rings. The maximum Gasteiger partial charge on any atom is 2.00 e. The summed E-state index contributed by atoms with van der Waals surface area (Å²) in [7, 11) is 0. The first-order chi connectivity index (χ1) is 7.61. The van der Waals surface area contributed by atoms with E-state index in [0.717, 1.165) is 0 Å². The van der Waals surface area contributed by atoms with Crippen LogP contribution in [0, 0.1) is 0 Å². The molecule has 0 fully saturated rings. The van der Waals surface area contributed by atoms with Crippen molar-refractivity contribution in [1.82, 2.24) is 0 Å². The van der Waals surface area contributed by atoms with Gasteiger partial charge in [0.1, 0.15) is 0 Å². The quantitative estimate of drug-likeness (QED) is 0.809. The number of carboxylic acids is 2. The van der Waals surface area contributed by atoms with Gasteiger partial charge < -0.3 is 13.1 Å². The van der Waals surface area contributed by atoms with Crippen LogP contribution in [0.4, 0.5) is 0 Å². The molecule has 0 aliphatic carbocycles. The molecule has 0 aliphatic heterocycles. The standard InChI is InChI=1S/C12H8O4.Ca.2H/c13-11(14)9-6-5-7-3-1-2-4-8(7)10(9)12(15)16;;;/h1-6H,(H,13,14)(H,15,16);;;/q;+2;2*-1. The van der Waals surface area contributed by atoms with E-state index in [1.807, 2.05) is 0 Å². The number of benzene rings is 2. The third-order valence-corrected chi connectivity index (χ3v) is 2.37. The van der Waals surface area contributed by atoms with E-state index in [-0.39, 0.29) is 51.7 Å². The van der Waals surface area contributed by atoms with Gasteiger partial charge in [-0.3, -0.25) is 0 Å². The Morgan fingerprint density at radius 3 is 2.18 bits per heavy atom. The molecule has 0 saturated carbocycles. The van der Waals surface area contributed by atoms with Crippen molar-refractivity contribution in [3.8, 4) is 0 Å². The first-order valence-corrected chi connectivity index (χ1v) is 4.59. The van der Waals surface area contributed by atoms with Crippen molar-refractivity contribution in [3.63, 3.8) is 0 Å². The predicted octanol–water partition coefficient (Wildman–Crippen LogP) is 2.08. The van der Waals surface area contributed by atoms with Gasteiger partial charge in [0.15, 0.2) is 0 Å². The van der Waals surface area contributed by atoms with Crippen LogP contribution in [0.3, 0.4) is 0 Å². The van der Waals surface area contributed by atoms with Gasteiger partial charge in [0.2, 0.25) is 0 Å². The number of fused-ring (bicyclic) bond motifs is 1. The molecule has 0 aliphatic rings. The predicted molar refractivity (Wildman–Crippen MR) is 65.8 cm³/mol. The maximum atomic E-state index is 11.1. The monoisotopic (exact) mass is 258 g/mol. The van der Waals surface area contributed by atoms with Crippen molar-refractivity contribution < 1.29 is 22.7 Å². The zero-order chi connectivity index (χ0) is 11.7. The van der Waals surface area contributed by atoms with Crippen LogP contribution in [0.15, 0.2) is 36.4 Å². The smallest absolute Gasteiger partial charge is 1.00 e. The molecular formula is C12H10CaO4. The number of aromatic carboxylic acids is 2. The Kier molecular flexibility index (Phi) is 4.51. The first-order valence-electron chi connectivity index (χ1n) is 4.59. The van der Waals surface area contributed by atoms with Gasteiger partial charge in [-0.15, -0.1) is 0 Å². The summed E-state index contributed by atoms with van der Waals surface area (Å²) in [5, 5.41) is 19.1. The Bertz CT molecular complexity index is 601. The molecule has 2 N–H and O–H groups in total. The molecule has 0 aromatic heterocycles. The minimum absolute atomic E-state index is 0. The van der Waals surface area contributed by atoms with E-state index in [9.17, 15) is 9.59 Å². The van der Waals surface area contributed by atoms with E-state index in [2.05, 4.69) is 0 Å². The zero-order valence-electron chi connectivity index (χ0n) is 10.9. The molecule has 2 aromatic carbocycles. The van der Waals surface area contributed by atoms with Crippen LogP contribution in [0.1, 0.15) is 23.6 Å². The second-order valence-corrected chi connectivity index (χ2v) is 3.32. The second-order valence-electron chi connectivity index (χ2n) is 3.32. The minimum Gasteiger partial charge on any atom is -1.00 e. The average Bonchev–Trinajstić information content (AvgIpc) is 2.27. The number of rotatable bonds is 2. The Hall–Kier alpha value is -1.10. The normalized spacial score (nSPS) is 9.65. The molecule has 0 unspecified atom stereocenters. The summed E-state index contributed by atoms with van der Waals surface area (Å²) in [6, 6.07) is 9.72. The number of carbonyl (C=O) groups is 2. The van der Waals surface area contributed by atoms with E-state index >= 15 is 0 Å². The molecule has 0 radical (unpaired) electrons. The number of carboxylic acid groups (broad SMARTS) is 2. The maximum absolute atomic E-state index is 11.1. The van der Waals surface area contributed by atoms with E-state index in [0.29, 0.717) is 10.8 Å². The Balaban J connectivity index is 0. The first kappa shape index (κ1) is 14.0. The molecule has 4 nitrogen and oxygen atoms in total. The van der Waals surface area contributed by atoms with Crippen molar-refractivity contribution >= 4 is 60.4 Å². The zero-order valence-corrected chi connectivity index (χ0v) is 11.1. The largest absolute Gasteiger partial charge is 2.00 e. The third-order valence-electron chi connectivity index (χ3n) is 2.37. The molecule has 84 valence electrons. The summed E-state index contributed by atoms with van der Waals surface area (Å²) in [5.74, 6) is -2.46. The van der Waals surface area contributed by atoms with Crippen LogP contribution in [-0.4, -0.2) is 59.9 Å². The van der Waals surface area contributed by atoms with E-state index in [4.69, 9.17) is 10.2 Å². The van der Waals surface area contributed by atoms with E-state index in [1.165, 1.54) is 6.07 Å². The van der Waals surface area contributed by atoms with E-state index in [1.54, 1.807) is 30.3 Å². The summed E-state index contributed by atoms with van der Waals surface area (Å²) < 4.78 is 0. The average molecular weight is 258 g/mol. The summed E-state index contributed by atoms with van der Waals surface area (Å²) in [4.78, 5) is 22.0. The fourth-order valence-electron chi connectivity index (χ4n) is 1.68. The fraction of sp³-hybridized carbons (Fsp3) is 0. The van der Waals surface area contributed by atoms with Crippen molar-refractivity contribution in [2.75, 3.05) is 0 Å².